The molecule has 1 amide bonds. The number of piperidine rings is 1. The van der Waals surface area contributed by atoms with E-state index in [1.54, 1.807) is 9.13 Å². The number of nitrogens with one attached hydrogen (secondary N) is 1. The topological polar surface area (TPSA) is 59.3 Å². The van der Waals surface area contributed by atoms with Crippen LogP contribution in [0.5, 0.6) is 0 Å². The first-order chi connectivity index (χ1) is 14.6. The first-order valence-corrected chi connectivity index (χ1v) is 10.9. The highest BCUT2D eigenvalue weighted by molar-refractivity contribution is 5.91. The van der Waals surface area contributed by atoms with Crippen LogP contribution < -0.4 is 11.0 Å². The number of anilines is 1. The first kappa shape index (κ1) is 20.4. The molecule has 6 nitrogen and oxygen atoms in total. The second-order valence-electron chi connectivity index (χ2n) is 8.16. The van der Waals surface area contributed by atoms with Gasteiger partial charge in [-0.25, -0.2) is 4.79 Å². The van der Waals surface area contributed by atoms with Crippen molar-refractivity contribution in [2.75, 3.05) is 11.9 Å². The molecule has 1 aliphatic rings. The van der Waals surface area contributed by atoms with Crippen molar-refractivity contribution in [1.29, 1.82) is 0 Å². The van der Waals surface area contributed by atoms with E-state index in [1.165, 1.54) is 24.8 Å². The molecule has 1 N–H and O–H groups in total. The number of aromatic nitrogens is 2. The molecular weight excluding hydrogens is 376 g/mol. The van der Waals surface area contributed by atoms with Gasteiger partial charge in [-0.1, -0.05) is 30.7 Å². The smallest absolute Gasteiger partial charge is 0.325 e. The number of nitrogens with zero attached hydrogens (tertiary/aromatic N) is 3. The molecule has 0 saturated carbocycles. The molecule has 2 heterocycles. The van der Waals surface area contributed by atoms with Gasteiger partial charge in [-0.3, -0.25) is 18.8 Å². The van der Waals surface area contributed by atoms with Crippen molar-refractivity contribution < 1.29 is 4.79 Å². The number of fused-ring (bicyclic) bond motifs is 1. The fourth-order valence-electron chi connectivity index (χ4n) is 4.40. The summed E-state index contributed by atoms with van der Waals surface area (Å²) in [6.07, 6.45) is 3.86. The van der Waals surface area contributed by atoms with Crippen LogP contribution in [0.15, 0.2) is 53.3 Å². The van der Waals surface area contributed by atoms with Crippen LogP contribution in [-0.4, -0.2) is 32.5 Å². The van der Waals surface area contributed by atoms with Crippen molar-refractivity contribution >= 4 is 22.6 Å². The maximum absolute atomic E-state index is 12.7. The molecule has 1 fully saturated rings. The molecule has 0 bridgehead atoms. The number of hydrogen-bond acceptors (Lipinski definition) is 3. The molecule has 1 saturated heterocycles. The lowest BCUT2D eigenvalue weighted by Gasteiger charge is -2.33. The zero-order valence-corrected chi connectivity index (χ0v) is 17.8. The lowest BCUT2D eigenvalue weighted by atomic mass is 10.0. The van der Waals surface area contributed by atoms with Crippen LogP contribution in [0.3, 0.4) is 0 Å². The maximum Gasteiger partial charge on any atom is 0.329 e. The van der Waals surface area contributed by atoms with Gasteiger partial charge in [0.15, 0.2) is 0 Å². The summed E-state index contributed by atoms with van der Waals surface area (Å²) in [4.78, 5) is 27.9. The monoisotopic (exact) mass is 406 g/mol. The number of hydrogen-bond donors (Lipinski definition) is 1. The number of amides is 1. The van der Waals surface area contributed by atoms with Crippen molar-refractivity contribution in [2.45, 2.75) is 58.8 Å². The molecule has 1 unspecified atom stereocenters. The molecule has 0 spiro atoms. The highest BCUT2D eigenvalue weighted by Crippen LogP contribution is 2.20. The minimum absolute atomic E-state index is 0.000605. The lowest BCUT2D eigenvalue weighted by molar-refractivity contribution is -0.116. The van der Waals surface area contributed by atoms with Crippen LogP contribution in [0.2, 0.25) is 0 Å². The fraction of sp³-hybridized carbons (Fsp3) is 0.417. The van der Waals surface area contributed by atoms with Crippen LogP contribution in [0.1, 0.15) is 38.7 Å². The molecule has 158 valence electrons. The normalized spacial score (nSPS) is 17.3. The van der Waals surface area contributed by atoms with Crippen LogP contribution in [-0.2, 0) is 24.4 Å². The summed E-state index contributed by atoms with van der Waals surface area (Å²) >= 11 is 0. The van der Waals surface area contributed by atoms with Crippen molar-refractivity contribution in [3.05, 3.63) is 64.6 Å². The van der Waals surface area contributed by atoms with Gasteiger partial charge in [-0.2, -0.15) is 0 Å². The van der Waals surface area contributed by atoms with E-state index in [0.29, 0.717) is 12.6 Å². The number of para-hydroxylation sites is 2. The van der Waals surface area contributed by atoms with E-state index in [9.17, 15) is 9.59 Å². The summed E-state index contributed by atoms with van der Waals surface area (Å²) in [7, 11) is 0. The van der Waals surface area contributed by atoms with Crippen molar-refractivity contribution in [1.82, 2.24) is 14.0 Å². The Kier molecular flexibility index (Phi) is 6.04. The third-order valence-electron chi connectivity index (χ3n) is 6.11. The van der Waals surface area contributed by atoms with Crippen LogP contribution in [0, 0.1) is 0 Å². The molecule has 3 aromatic rings. The average Bonchev–Trinajstić information content (AvgIpc) is 3.02. The Bertz CT molecular complexity index is 1080. The molecule has 1 aliphatic heterocycles. The predicted octanol–water partition coefficient (Wildman–Crippen LogP) is 3.84. The van der Waals surface area contributed by atoms with E-state index in [1.807, 2.05) is 43.3 Å². The van der Waals surface area contributed by atoms with Gasteiger partial charge >= 0.3 is 5.69 Å². The van der Waals surface area contributed by atoms with E-state index in [4.69, 9.17) is 0 Å². The Morgan fingerprint density at radius 3 is 2.40 bits per heavy atom. The Morgan fingerprint density at radius 1 is 1.03 bits per heavy atom. The van der Waals surface area contributed by atoms with Gasteiger partial charge in [0.1, 0.15) is 6.54 Å². The van der Waals surface area contributed by atoms with Crippen LogP contribution in [0.4, 0.5) is 5.69 Å². The summed E-state index contributed by atoms with van der Waals surface area (Å²) in [6, 6.07) is 16.3. The highest BCUT2D eigenvalue weighted by atomic mass is 16.2. The summed E-state index contributed by atoms with van der Waals surface area (Å²) in [6.45, 7) is 6.90. The predicted molar refractivity (Wildman–Crippen MR) is 121 cm³/mol. The minimum atomic E-state index is -0.200. The number of rotatable bonds is 6. The molecule has 1 aromatic heterocycles. The highest BCUT2D eigenvalue weighted by Gasteiger charge is 2.18. The van der Waals surface area contributed by atoms with Crippen molar-refractivity contribution in [3.8, 4) is 0 Å². The molecule has 6 heteroatoms. The van der Waals surface area contributed by atoms with E-state index in [0.717, 1.165) is 29.8 Å². The number of imidazole rings is 1. The Morgan fingerprint density at radius 2 is 1.73 bits per heavy atom. The van der Waals surface area contributed by atoms with Gasteiger partial charge in [-0.15, -0.1) is 0 Å². The van der Waals surface area contributed by atoms with Crippen LogP contribution >= 0.6 is 0 Å². The summed E-state index contributed by atoms with van der Waals surface area (Å²) < 4.78 is 3.24. The van der Waals surface area contributed by atoms with E-state index in [2.05, 4.69) is 29.3 Å². The third kappa shape index (κ3) is 4.19. The largest absolute Gasteiger partial charge is 0.329 e. The van der Waals surface area contributed by atoms with Gasteiger partial charge in [0.25, 0.3) is 0 Å². The van der Waals surface area contributed by atoms with Gasteiger partial charge in [0.2, 0.25) is 5.91 Å². The zero-order chi connectivity index (χ0) is 21.1. The average molecular weight is 407 g/mol. The zero-order valence-electron chi connectivity index (χ0n) is 17.8. The summed E-state index contributed by atoms with van der Waals surface area (Å²) in [5, 5.41) is 2.93. The number of carbonyl (C=O) groups excluding carboxylic acids is 1. The van der Waals surface area contributed by atoms with Gasteiger partial charge in [-0.05, 0) is 63.1 Å². The van der Waals surface area contributed by atoms with E-state index in [-0.39, 0.29) is 18.1 Å². The lowest BCUT2D eigenvalue weighted by Crippen LogP contribution is -2.36. The maximum atomic E-state index is 12.7. The fourth-order valence-corrected chi connectivity index (χ4v) is 4.40. The molecule has 30 heavy (non-hydrogen) atoms. The van der Waals surface area contributed by atoms with E-state index >= 15 is 0 Å². The number of carbonyl (C=O) groups is 1. The standard InChI is InChI=1S/C24H30N4O2/c1-3-27-21-9-4-5-10-22(21)28(24(27)30)17-23(29)25-20-13-11-19(12-14-20)16-26-15-7-6-8-18(26)2/h4-5,9-14,18H,3,6-8,15-17H2,1-2H3,(H,25,29). The molecule has 1 atom stereocenters. The Labute approximate surface area is 177 Å². The molecule has 0 aliphatic carbocycles. The third-order valence-corrected chi connectivity index (χ3v) is 6.11. The number of aryl methyl sites for hydroxylation is 1. The van der Waals surface area contributed by atoms with Crippen molar-refractivity contribution in [2.24, 2.45) is 0 Å². The second-order valence-corrected chi connectivity index (χ2v) is 8.16. The van der Waals surface area contributed by atoms with Gasteiger partial charge in [0, 0.05) is 24.8 Å². The van der Waals surface area contributed by atoms with E-state index < -0.39 is 0 Å². The second kappa shape index (κ2) is 8.88. The minimum Gasteiger partial charge on any atom is -0.325 e. The summed E-state index contributed by atoms with van der Waals surface area (Å²) in [5.74, 6) is -0.200. The first-order valence-electron chi connectivity index (χ1n) is 10.9. The molecular formula is C24H30N4O2. The Balaban J connectivity index is 1.43. The number of likely N-dealkylation sites (tertiary alicyclic amines) is 1. The van der Waals surface area contributed by atoms with Gasteiger partial charge < -0.3 is 5.32 Å². The van der Waals surface area contributed by atoms with Crippen LogP contribution in [0.25, 0.3) is 11.0 Å². The molecule has 2 aromatic carbocycles. The summed E-state index contributed by atoms with van der Waals surface area (Å²) in [5.41, 5.74) is 3.49. The van der Waals surface area contributed by atoms with Crippen molar-refractivity contribution in [3.63, 3.8) is 0 Å². The Hall–Kier alpha value is -2.86. The van der Waals surface area contributed by atoms with Gasteiger partial charge in [0.05, 0.1) is 11.0 Å². The molecule has 0 radical (unpaired) electrons. The molecule has 4 rings (SSSR count). The number of benzene rings is 2. The quantitative estimate of drug-likeness (QED) is 0.677. The SMILES string of the molecule is CCn1c(=O)n(CC(=O)Nc2ccc(CN3CCCCC3C)cc2)c2ccccc21.